The highest BCUT2D eigenvalue weighted by Crippen LogP contribution is 2.25. The van der Waals surface area contributed by atoms with Gasteiger partial charge < -0.3 is 19.5 Å². The number of amides is 1. The zero-order valence-corrected chi connectivity index (χ0v) is 13.6. The molecule has 1 N–H and O–H groups in total. The molecule has 0 fully saturated rings. The molecule has 1 aromatic carbocycles. The van der Waals surface area contributed by atoms with Crippen LogP contribution in [0.2, 0.25) is 0 Å². The van der Waals surface area contributed by atoms with E-state index in [2.05, 4.69) is 5.32 Å². The number of carbonyl (C=O) groups is 2. The Labute approximate surface area is 130 Å². The fourth-order valence-corrected chi connectivity index (χ4v) is 1.64. The van der Waals surface area contributed by atoms with E-state index in [1.54, 1.807) is 12.1 Å². The molecule has 0 saturated heterocycles. The fraction of sp³-hybridized carbons (Fsp3) is 0.500. The fourth-order valence-electron chi connectivity index (χ4n) is 1.64. The Kier molecular flexibility index (Phi) is 6.69. The molecule has 6 heteroatoms. The maximum absolute atomic E-state index is 12.0. The van der Waals surface area contributed by atoms with Crippen molar-refractivity contribution >= 4 is 11.9 Å². The van der Waals surface area contributed by atoms with E-state index in [1.165, 1.54) is 20.3 Å². The maximum atomic E-state index is 12.0. The summed E-state index contributed by atoms with van der Waals surface area (Å²) in [5.41, 5.74) is 0.244. The van der Waals surface area contributed by atoms with E-state index in [0.29, 0.717) is 17.4 Å². The van der Waals surface area contributed by atoms with Gasteiger partial charge in [0.1, 0.15) is 17.1 Å². The van der Waals surface area contributed by atoms with Crippen LogP contribution in [0.25, 0.3) is 0 Å². The van der Waals surface area contributed by atoms with E-state index < -0.39 is 5.97 Å². The Hall–Kier alpha value is -2.24. The molecule has 122 valence electrons. The van der Waals surface area contributed by atoms with Crippen molar-refractivity contribution in [2.45, 2.75) is 26.8 Å². The summed E-state index contributed by atoms with van der Waals surface area (Å²) in [4.78, 5) is 23.7. The van der Waals surface area contributed by atoms with Crippen LogP contribution >= 0.6 is 0 Å². The highest BCUT2D eigenvalue weighted by Gasteiger charge is 2.17. The standard InChI is InChI=1S/C16H23NO5/c1-10(2)11(3)17-15(18)9-22-16(19)13-7-6-12(20-4)8-14(13)21-5/h6-8,10-11H,9H2,1-5H3,(H,17,18). The predicted octanol–water partition coefficient (Wildman–Crippen LogP) is 2.02. The summed E-state index contributed by atoms with van der Waals surface area (Å²) in [5, 5.41) is 2.77. The summed E-state index contributed by atoms with van der Waals surface area (Å²) in [6.07, 6.45) is 0. The van der Waals surface area contributed by atoms with Gasteiger partial charge in [-0.3, -0.25) is 4.79 Å². The van der Waals surface area contributed by atoms with Crippen LogP contribution < -0.4 is 14.8 Å². The van der Waals surface area contributed by atoms with E-state index in [0.717, 1.165) is 0 Å². The van der Waals surface area contributed by atoms with Gasteiger partial charge in [-0.05, 0) is 25.0 Å². The van der Waals surface area contributed by atoms with Crippen LogP contribution in [0.1, 0.15) is 31.1 Å². The molecule has 0 aliphatic heterocycles. The molecule has 0 bridgehead atoms. The molecule has 1 unspecified atom stereocenters. The van der Waals surface area contributed by atoms with Crippen molar-refractivity contribution in [2.75, 3.05) is 20.8 Å². The third kappa shape index (κ3) is 4.95. The lowest BCUT2D eigenvalue weighted by Crippen LogP contribution is -2.38. The first-order chi connectivity index (χ1) is 10.4. The zero-order chi connectivity index (χ0) is 16.7. The monoisotopic (exact) mass is 309 g/mol. The lowest BCUT2D eigenvalue weighted by atomic mass is 10.1. The summed E-state index contributed by atoms with van der Waals surface area (Å²) in [5.74, 6) is 0.257. The number of carbonyl (C=O) groups excluding carboxylic acids is 2. The first-order valence-corrected chi connectivity index (χ1v) is 7.07. The molecule has 1 aromatic rings. The van der Waals surface area contributed by atoms with Gasteiger partial charge in [-0.15, -0.1) is 0 Å². The molecular weight excluding hydrogens is 286 g/mol. The second kappa shape index (κ2) is 8.26. The van der Waals surface area contributed by atoms with Gasteiger partial charge in [-0.1, -0.05) is 13.8 Å². The van der Waals surface area contributed by atoms with Crippen molar-refractivity contribution in [3.8, 4) is 11.5 Å². The van der Waals surface area contributed by atoms with E-state index in [1.807, 2.05) is 20.8 Å². The van der Waals surface area contributed by atoms with Gasteiger partial charge >= 0.3 is 5.97 Å². The number of nitrogens with one attached hydrogen (secondary N) is 1. The Morgan fingerprint density at radius 1 is 1.14 bits per heavy atom. The van der Waals surface area contributed by atoms with Crippen molar-refractivity contribution in [1.82, 2.24) is 5.32 Å². The number of hydrogen-bond donors (Lipinski definition) is 1. The zero-order valence-electron chi connectivity index (χ0n) is 13.6. The topological polar surface area (TPSA) is 73.9 Å². The van der Waals surface area contributed by atoms with Crippen LogP contribution in [0.5, 0.6) is 11.5 Å². The van der Waals surface area contributed by atoms with Crippen molar-refractivity contribution in [2.24, 2.45) is 5.92 Å². The Balaban J connectivity index is 2.64. The Bertz CT molecular complexity index is 527. The molecule has 0 aromatic heterocycles. The summed E-state index contributed by atoms with van der Waals surface area (Å²) in [7, 11) is 2.97. The quantitative estimate of drug-likeness (QED) is 0.780. The molecule has 0 heterocycles. The van der Waals surface area contributed by atoms with Crippen molar-refractivity contribution in [1.29, 1.82) is 0 Å². The third-order valence-corrected chi connectivity index (χ3v) is 3.35. The van der Waals surface area contributed by atoms with Gasteiger partial charge in [-0.2, -0.15) is 0 Å². The van der Waals surface area contributed by atoms with Gasteiger partial charge in [0, 0.05) is 12.1 Å². The van der Waals surface area contributed by atoms with Gasteiger partial charge in [0.15, 0.2) is 6.61 Å². The van der Waals surface area contributed by atoms with Gasteiger partial charge in [0.05, 0.1) is 14.2 Å². The van der Waals surface area contributed by atoms with E-state index in [4.69, 9.17) is 14.2 Å². The predicted molar refractivity (Wildman–Crippen MR) is 82.3 cm³/mol. The number of esters is 1. The van der Waals surface area contributed by atoms with Gasteiger partial charge in [-0.25, -0.2) is 4.79 Å². The largest absolute Gasteiger partial charge is 0.497 e. The molecule has 1 atom stereocenters. The lowest BCUT2D eigenvalue weighted by molar-refractivity contribution is -0.125. The summed E-state index contributed by atoms with van der Waals surface area (Å²) in [6.45, 7) is 5.57. The molecule has 1 rings (SSSR count). The SMILES string of the molecule is COc1ccc(C(=O)OCC(=O)NC(C)C(C)C)c(OC)c1. The normalized spacial score (nSPS) is 11.7. The van der Waals surface area contributed by atoms with Crippen LogP contribution in [0.15, 0.2) is 18.2 Å². The van der Waals surface area contributed by atoms with Crippen LogP contribution in [-0.4, -0.2) is 38.7 Å². The molecular formula is C16H23NO5. The second-order valence-electron chi connectivity index (χ2n) is 5.24. The molecule has 0 aliphatic carbocycles. The molecule has 0 spiro atoms. The highest BCUT2D eigenvalue weighted by atomic mass is 16.5. The second-order valence-corrected chi connectivity index (χ2v) is 5.24. The van der Waals surface area contributed by atoms with Crippen LogP contribution in [0.3, 0.4) is 0 Å². The van der Waals surface area contributed by atoms with E-state index in [9.17, 15) is 9.59 Å². The van der Waals surface area contributed by atoms with Crippen LogP contribution in [0, 0.1) is 5.92 Å². The van der Waals surface area contributed by atoms with Gasteiger partial charge in [0.2, 0.25) is 0 Å². The lowest BCUT2D eigenvalue weighted by Gasteiger charge is -2.17. The van der Waals surface area contributed by atoms with E-state index in [-0.39, 0.29) is 24.1 Å². The number of benzene rings is 1. The third-order valence-electron chi connectivity index (χ3n) is 3.35. The number of rotatable bonds is 7. The summed E-state index contributed by atoms with van der Waals surface area (Å²) < 4.78 is 15.2. The summed E-state index contributed by atoms with van der Waals surface area (Å²) >= 11 is 0. The smallest absolute Gasteiger partial charge is 0.342 e. The molecule has 1 amide bonds. The Morgan fingerprint density at radius 2 is 1.82 bits per heavy atom. The average molecular weight is 309 g/mol. The van der Waals surface area contributed by atoms with Crippen molar-refractivity contribution < 1.29 is 23.8 Å². The van der Waals surface area contributed by atoms with Crippen molar-refractivity contribution in [3.63, 3.8) is 0 Å². The molecule has 6 nitrogen and oxygen atoms in total. The number of ether oxygens (including phenoxy) is 3. The van der Waals surface area contributed by atoms with Gasteiger partial charge in [0.25, 0.3) is 5.91 Å². The van der Waals surface area contributed by atoms with Crippen LogP contribution in [-0.2, 0) is 9.53 Å². The number of hydrogen-bond acceptors (Lipinski definition) is 5. The minimum Gasteiger partial charge on any atom is -0.497 e. The van der Waals surface area contributed by atoms with Crippen molar-refractivity contribution in [3.05, 3.63) is 23.8 Å². The average Bonchev–Trinajstić information content (AvgIpc) is 2.51. The molecule has 0 saturated carbocycles. The first-order valence-electron chi connectivity index (χ1n) is 7.07. The molecule has 22 heavy (non-hydrogen) atoms. The maximum Gasteiger partial charge on any atom is 0.342 e. The van der Waals surface area contributed by atoms with Crippen LogP contribution in [0.4, 0.5) is 0 Å². The number of methoxy groups -OCH3 is 2. The minimum absolute atomic E-state index is 0.0155. The Morgan fingerprint density at radius 3 is 2.36 bits per heavy atom. The minimum atomic E-state index is -0.619. The molecule has 0 radical (unpaired) electrons. The molecule has 0 aliphatic rings. The first kappa shape index (κ1) is 17.8. The van der Waals surface area contributed by atoms with E-state index >= 15 is 0 Å². The highest BCUT2D eigenvalue weighted by molar-refractivity contribution is 5.94. The summed E-state index contributed by atoms with van der Waals surface area (Å²) in [6, 6.07) is 4.76.